The Bertz CT molecular complexity index is 195. The van der Waals surface area contributed by atoms with Crippen molar-refractivity contribution in [3.63, 3.8) is 0 Å². The minimum absolute atomic E-state index is 0.192. The molecule has 0 radical (unpaired) electrons. The molecule has 0 bridgehead atoms. The first-order valence-corrected chi connectivity index (χ1v) is 2.78. The van der Waals surface area contributed by atoms with Crippen LogP contribution in [0.5, 0.6) is 0 Å². The highest BCUT2D eigenvalue weighted by molar-refractivity contribution is 5.89. The fourth-order valence-corrected chi connectivity index (χ4v) is 0.558. The summed E-state index contributed by atoms with van der Waals surface area (Å²) in [5.41, 5.74) is 2.57. The lowest BCUT2D eigenvalue weighted by Gasteiger charge is -1.94. The molecule has 2 N–H and O–H groups in total. The number of hydrogen-bond acceptors (Lipinski definition) is 3. The summed E-state index contributed by atoms with van der Waals surface area (Å²) in [6.45, 7) is 0.382. The number of carboxylic acid groups (broad SMARTS) is 1. The van der Waals surface area contributed by atoms with Crippen molar-refractivity contribution in [3.8, 4) is 0 Å². The van der Waals surface area contributed by atoms with Gasteiger partial charge in [-0.2, -0.15) is 0 Å². The molecule has 0 amide bonds. The van der Waals surface area contributed by atoms with Crippen molar-refractivity contribution in [2.24, 2.45) is 0 Å². The van der Waals surface area contributed by atoms with Crippen molar-refractivity contribution in [1.82, 2.24) is 5.48 Å². The van der Waals surface area contributed by atoms with Gasteiger partial charge in [0.2, 0.25) is 0 Å². The molecule has 10 heavy (non-hydrogen) atoms. The second-order valence-corrected chi connectivity index (χ2v) is 1.74. The van der Waals surface area contributed by atoms with Crippen LogP contribution in [0.25, 0.3) is 0 Å². The Morgan fingerprint density at radius 3 is 3.30 bits per heavy atom. The van der Waals surface area contributed by atoms with Crippen LogP contribution in [0.15, 0.2) is 23.9 Å². The Balaban J connectivity index is 2.70. The fourth-order valence-electron chi connectivity index (χ4n) is 0.558. The third kappa shape index (κ3) is 1.60. The van der Waals surface area contributed by atoms with E-state index in [9.17, 15) is 4.79 Å². The van der Waals surface area contributed by atoms with Gasteiger partial charge in [0.1, 0.15) is 0 Å². The minimum Gasteiger partial charge on any atom is -0.478 e. The molecule has 1 aliphatic heterocycles. The number of carbonyl (C=O) groups is 1. The highest BCUT2D eigenvalue weighted by atomic mass is 16.6. The molecule has 0 atom stereocenters. The minimum atomic E-state index is -0.964. The molecule has 0 unspecified atom stereocenters. The average Bonchev–Trinajstić information content (AvgIpc) is 2.12. The van der Waals surface area contributed by atoms with E-state index in [1.54, 1.807) is 6.08 Å². The van der Waals surface area contributed by atoms with Gasteiger partial charge in [0.25, 0.3) is 0 Å². The van der Waals surface area contributed by atoms with Crippen molar-refractivity contribution in [2.75, 3.05) is 6.61 Å². The van der Waals surface area contributed by atoms with Crippen LogP contribution >= 0.6 is 0 Å². The summed E-state index contributed by atoms with van der Waals surface area (Å²) < 4.78 is 0. The van der Waals surface area contributed by atoms with Crippen LogP contribution in [0.4, 0.5) is 0 Å². The molecule has 54 valence electrons. The third-order valence-corrected chi connectivity index (χ3v) is 1.02. The molecule has 0 aromatic rings. The molecular formula is C6H7NO3. The predicted octanol–water partition coefficient (Wildman–Crippen LogP) is 0.0459. The molecule has 1 rings (SSSR count). The highest BCUT2D eigenvalue weighted by Gasteiger charge is 2.03. The van der Waals surface area contributed by atoms with Crippen LogP contribution in [0, 0.1) is 0 Å². The van der Waals surface area contributed by atoms with Gasteiger partial charge in [-0.15, -0.1) is 0 Å². The standard InChI is InChI=1S/C6H7NO3/c8-6(9)5-2-1-3-10-7-4-5/h1-2,4,7H,3H2,(H,8,9). The second kappa shape index (κ2) is 3.03. The number of carboxylic acids is 1. The summed E-state index contributed by atoms with van der Waals surface area (Å²) >= 11 is 0. The Labute approximate surface area is 57.8 Å². The maximum Gasteiger partial charge on any atom is 0.337 e. The van der Waals surface area contributed by atoms with Crippen LogP contribution < -0.4 is 5.48 Å². The normalized spacial score (nSPS) is 17.0. The van der Waals surface area contributed by atoms with Gasteiger partial charge >= 0.3 is 5.97 Å². The van der Waals surface area contributed by atoms with Crippen LogP contribution in [-0.4, -0.2) is 17.7 Å². The molecule has 0 aliphatic carbocycles. The zero-order chi connectivity index (χ0) is 7.40. The Morgan fingerprint density at radius 2 is 2.60 bits per heavy atom. The van der Waals surface area contributed by atoms with Crippen LogP contribution in [0.3, 0.4) is 0 Å². The second-order valence-electron chi connectivity index (χ2n) is 1.74. The highest BCUT2D eigenvalue weighted by Crippen LogP contribution is 1.97. The molecular weight excluding hydrogens is 134 g/mol. The number of rotatable bonds is 1. The zero-order valence-corrected chi connectivity index (χ0v) is 5.20. The van der Waals surface area contributed by atoms with Gasteiger partial charge in [-0.05, 0) is 6.08 Å². The maximum absolute atomic E-state index is 10.3. The van der Waals surface area contributed by atoms with Crippen LogP contribution in [0.1, 0.15) is 0 Å². The molecule has 1 heterocycles. The van der Waals surface area contributed by atoms with Gasteiger partial charge in [-0.3, -0.25) is 10.3 Å². The van der Waals surface area contributed by atoms with Crippen molar-refractivity contribution < 1.29 is 14.7 Å². The summed E-state index contributed by atoms with van der Waals surface area (Å²) in [6.07, 6.45) is 4.41. The first kappa shape index (κ1) is 6.82. The zero-order valence-electron chi connectivity index (χ0n) is 5.20. The third-order valence-electron chi connectivity index (χ3n) is 1.02. The van der Waals surface area contributed by atoms with Crippen molar-refractivity contribution in [3.05, 3.63) is 23.9 Å². The lowest BCUT2D eigenvalue weighted by molar-refractivity contribution is -0.132. The number of nitrogens with one attached hydrogen (secondary N) is 1. The molecule has 0 aromatic heterocycles. The van der Waals surface area contributed by atoms with Gasteiger partial charge in [-0.25, -0.2) is 4.79 Å². The Hall–Kier alpha value is -1.29. The van der Waals surface area contributed by atoms with Gasteiger partial charge in [-0.1, -0.05) is 6.08 Å². The van der Waals surface area contributed by atoms with E-state index in [2.05, 4.69) is 5.48 Å². The quantitative estimate of drug-likeness (QED) is 0.541. The molecule has 4 heteroatoms. The summed E-state index contributed by atoms with van der Waals surface area (Å²) in [6, 6.07) is 0. The summed E-state index contributed by atoms with van der Waals surface area (Å²) in [5, 5.41) is 8.45. The van der Waals surface area contributed by atoms with Crippen molar-refractivity contribution in [1.29, 1.82) is 0 Å². The van der Waals surface area contributed by atoms with Gasteiger partial charge < -0.3 is 5.11 Å². The summed E-state index contributed by atoms with van der Waals surface area (Å²) in [7, 11) is 0. The van der Waals surface area contributed by atoms with E-state index >= 15 is 0 Å². The topological polar surface area (TPSA) is 58.6 Å². The molecule has 0 saturated heterocycles. The molecule has 0 saturated carbocycles. The lowest BCUT2D eigenvalue weighted by Crippen LogP contribution is -2.07. The fraction of sp³-hybridized carbons (Fsp3) is 0.167. The summed E-state index contributed by atoms with van der Waals surface area (Å²) in [5.74, 6) is -0.964. The first-order valence-electron chi connectivity index (χ1n) is 2.78. The van der Waals surface area contributed by atoms with Crippen LogP contribution in [-0.2, 0) is 9.63 Å². The number of hydroxylamine groups is 1. The first-order chi connectivity index (χ1) is 4.80. The molecule has 0 aromatic carbocycles. The molecule has 1 aliphatic rings. The average molecular weight is 141 g/mol. The maximum atomic E-state index is 10.3. The van der Waals surface area contributed by atoms with Gasteiger partial charge in [0, 0.05) is 6.20 Å². The molecule has 4 nitrogen and oxygen atoms in total. The van der Waals surface area contributed by atoms with E-state index in [1.807, 2.05) is 0 Å². The smallest absolute Gasteiger partial charge is 0.337 e. The van der Waals surface area contributed by atoms with Crippen molar-refractivity contribution in [2.45, 2.75) is 0 Å². The van der Waals surface area contributed by atoms with Crippen LogP contribution in [0.2, 0.25) is 0 Å². The van der Waals surface area contributed by atoms with Gasteiger partial charge in [0.05, 0.1) is 12.2 Å². The molecule has 0 spiro atoms. The monoisotopic (exact) mass is 141 g/mol. The summed E-state index contributed by atoms with van der Waals surface area (Å²) in [4.78, 5) is 15.0. The predicted molar refractivity (Wildman–Crippen MR) is 33.9 cm³/mol. The van der Waals surface area contributed by atoms with Gasteiger partial charge in [0.15, 0.2) is 0 Å². The number of hydrogen-bond donors (Lipinski definition) is 2. The van der Waals surface area contributed by atoms with E-state index in [4.69, 9.17) is 9.94 Å². The Kier molecular flexibility index (Phi) is 2.07. The van der Waals surface area contributed by atoms with Crippen molar-refractivity contribution >= 4 is 5.97 Å². The SMILES string of the molecule is O=C(O)C1=CNOCC=C1. The van der Waals surface area contributed by atoms with E-state index < -0.39 is 5.97 Å². The number of aliphatic carboxylic acids is 1. The Morgan fingerprint density at radius 1 is 1.80 bits per heavy atom. The lowest BCUT2D eigenvalue weighted by atomic mass is 10.3. The van der Waals surface area contributed by atoms with E-state index in [0.29, 0.717) is 6.61 Å². The van der Waals surface area contributed by atoms with E-state index in [-0.39, 0.29) is 5.57 Å². The van der Waals surface area contributed by atoms with E-state index in [1.165, 1.54) is 12.3 Å². The largest absolute Gasteiger partial charge is 0.478 e. The molecule has 0 fully saturated rings. The van der Waals surface area contributed by atoms with E-state index in [0.717, 1.165) is 0 Å².